The van der Waals surface area contributed by atoms with Crippen molar-refractivity contribution >= 4 is 0 Å². The molecule has 0 amide bonds. The summed E-state index contributed by atoms with van der Waals surface area (Å²) in [5.41, 5.74) is 0.800. The molecule has 1 aromatic carbocycles. The summed E-state index contributed by atoms with van der Waals surface area (Å²) in [6.07, 6.45) is 0.764. The molecule has 2 rings (SSSR count). The molecule has 76 valence electrons. The molecule has 1 aliphatic heterocycles. The summed E-state index contributed by atoms with van der Waals surface area (Å²) < 4.78 is 13.3. The molecule has 0 spiro atoms. The predicted octanol–water partition coefficient (Wildman–Crippen LogP) is 0.930. The van der Waals surface area contributed by atoms with Gasteiger partial charge in [0.2, 0.25) is 0 Å². The van der Waals surface area contributed by atoms with Crippen LogP contribution in [0.25, 0.3) is 0 Å². The molecule has 0 aliphatic carbocycles. The number of benzene rings is 1. The summed E-state index contributed by atoms with van der Waals surface area (Å²) >= 11 is 0. The Morgan fingerprint density at radius 2 is 2.14 bits per heavy atom. The smallest absolute Gasteiger partial charge is 0.126 e. The van der Waals surface area contributed by atoms with Crippen LogP contribution >= 0.6 is 0 Å². The van der Waals surface area contributed by atoms with E-state index in [0.29, 0.717) is 6.04 Å². The van der Waals surface area contributed by atoms with E-state index < -0.39 is 0 Å². The number of nitrogens with one attached hydrogen (secondary N) is 2. The number of rotatable bonds is 2. The van der Waals surface area contributed by atoms with Crippen molar-refractivity contribution < 1.29 is 4.39 Å². The van der Waals surface area contributed by atoms with Gasteiger partial charge in [-0.3, -0.25) is 0 Å². The molecule has 0 bridgehead atoms. The van der Waals surface area contributed by atoms with E-state index in [4.69, 9.17) is 0 Å². The van der Waals surface area contributed by atoms with Crippen LogP contribution in [0.15, 0.2) is 24.3 Å². The Morgan fingerprint density at radius 1 is 1.29 bits per heavy atom. The van der Waals surface area contributed by atoms with Gasteiger partial charge in [-0.25, -0.2) is 4.39 Å². The van der Waals surface area contributed by atoms with Crippen LogP contribution in [0.2, 0.25) is 0 Å². The van der Waals surface area contributed by atoms with Gasteiger partial charge in [0.1, 0.15) is 5.82 Å². The highest BCUT2D eigenvalue weighted by Gasteiger charge is 2.13. The van der Waals surface area contributed by atoms with Gasteiger partial charge in [0.25, 0.3) is 0 Å². The van der Waals surface area contributed by atoms with Gasteiger partial charge in [0, 0.05) is 25.7 Å². The first kappa shape index (κ1) is 9.62. The first-order valence-corrected chi connectivity index (χ1v) is 5.04. The van der Waals surface area contributed by atoms with E-state index in [2.05, 4.69) is 10.6 Å². The standard InChI is InChI=1S/C11H15FN2/c12-11-4-2-1-3-9(11)7-10-8-13-5-6-14-10/h1-4,10,13-14H,5-8H2. The van der Waals surface area contributed by atoms with Crippen LogP contribution in [0.5, 0.6) is 0 Å². The Bertz CT molecular complexity index is 295. The summed E-state index contributed by atoms with van der Waals surface area (Å²) in [4.78, 5) is 0. The zero-order chi connectivity index (χ0) is 9.80. The monoisotopic (exact) mass is 194 g/mol. The molecular weight excluding hydrogens is 179 g/mol. The lowest BCUT2D eigenvalue weighted by atomic mass is 10.0. The van der Waals surface area contributed by atoms with E-state index in [0.717, 1.165) is 31.6 Å². The zero-order valence-corrected chi connectivity index (χ0v) is 8.09. The first-order valence-electron chi connectivity index (χ1n) is 5.04. The van der Waals surface area contributed by atoms with Crippen molar-refractivity contribution in [2.75, 3.05) is 19.6 Å². The van der Waals surface area contributed by atoms with Gasteiger partial charge >= 0.3 is 0 Å². The summed E-state index contributed by atoms with van der Waals surface area (Å²) in [5.74, 6) is -0.0973. The normalized spacial score (nSPS) is 22.2. The maximum absolute atomic E-state index is 13.3. The van der Waals surface area contributed by atoms with E-state index in [-0.39, 0.29) is 5.82 Å². The average Bonchev–Trinajstić information content (AvgIpc) is 2.23. The quantitative estimate of drug-likeness (QED) is 0.732. The predicted molar refractivity (Wildman–Crippen MR) is 54.8 cm³/mol. The molecule has 1 fully saturated rings. The number of halogens is 1. The summed E-state index contributed by atoms with van der Waals surface area (Å²) in [6.45, 7) is 2.90. The van der Waals surface area contributed by atoms with Gasteiger partial charge in [-0.2, -0.15) is 0 Å². The third kappa shape index (κ3) is 2.30. The molecule has 3 heteroatoms. The van der Waals surface area contributed by atoms with Crippen molar-refractivity contribution in [2.45, 2.75) is 12.5 Å². The maximum Gasteiger partial charge on any atom is 0.126 e. The Hall–Kier alpha value is -0.930. The molecule has 2 nitrogen and oxygen atoms in total. The van der Waals surface area contributed by atoms with Crippen molar-refractivity contribution in [2.24, 2.45) is 0 Å². The van der Waals surface area contributed by atoms with Gasteiger partial charge < -0.3 is 10.6 Å². The van der Waals surface area contributed by atoms with Gasteiger partial charge in [-0.15, -0.1) is 0 Å². The molecule has 1 unspecified atom stereocenters. The van der Waals surface area contributed by atoms with Crippen molar-refractivity contribution in [3.8, 4) is 0 Å². The van der Waals surface area contributed by atoms with Crippen molar-refractivity contribution in [3.63, 3.8) is 0 Å². The second-order valence-electron chi connectivity index (χ2n) is 3.65. The molecule has 1 aliphatic rings. The molecule has 1 heterocycles. The molecule has 0 saturated carbocycles. The van der Waals surface area contributed by atoms with E-state index in [1.54, 1.807) is 6.07 Å². The lowest BCUT2D eigenvalue weighted by molar-refractivity contribution is 0.412. The third-order valence-electron chi connectivity index (χ3n) is 2.55. The minimum Gasteiger partial charge on any atom is -0.314 e. The van der Waals surface area contributed by atoms with E-state index >= 15 is 0 Å². The Labute approximate surface area is 83.5 Å². The van der Waals surface area contributed by atoms with Crippen LogP contribution in [0.3, 0.4) is 0 Å². The Kier molecular flexibility index (Phi) is 3.11. The first-order chi connectivity index (χ1) is 6.86. The minimum atomic E-state index is -0.0973. The van der Waals surface area contributed by atoms with Crippen molar-refractivity contribution in [1.82, 2.24) is 10.6 Å². The molecular formula is C11H15FN2. The van der Waals surface area contributed by atoms with Crippen LogP contribution in [-0.4, -0.2) is 25.7 Å². The van der Waals surface area contributed by atoms with E-state index in [1.165, 1.54) is 6.07 Å². The van der Waals surface area contributed by atoms with Crippen molar-refractivity contribution in [3.05, 3.63) is 35.6 Å². The highest BCUT2D eigenvalue weighted by Crippen LogP contribution is 2.09. The number of hydrogen-bond acceptors (Lipinski definition) is 2. The van der Waals surface area contributed by atoms with E-state index in [1.807, 2.05) is 12.1 Å². The van der Waals surface area contributed by atoms with Crippen LogP contribution in [0.4, 0.5) is 4.39 Å². The lowest BCUT2D eigenvalue weighted by Gasteiger charge is -2.24. The molecule has 0 radical (unpaired) electrons. The molecule has 0 aromatic heterocycles. The van der Waals surface area contributed by atoms with Gasteiger partial charge in [-0.05, 0) is 18.1 Å². The van der Waals surface area contributed by atoms with Crippen LogP contribution in [0, 0.1) is 5.82 Å². The second-order valence-corrected chi connectivity index (χ2v) is 3.65. The Balaban J connectivity index is 1.99. The SMILES string of the molecule is Fc1ccccc1CC1CNCCN1. The summed E-state index contributed by atoms with van der Waals surface area (Å²) in [5, 5.41) is 6.66. The average molecular weight is 194 g/mol. The number of piperazine rings is 1. The summed E-state index contributed by atoms with van der Waals surface area (Å²) in [7, 11) is 0. The van der Waals surface area contributed by atoms with Gasteiger partial charge in [-0.1, -0.05) is 18.2 Å². The minimum absolute atomic E-state index is 0.0973. The molecule has 14 heavy (non-hydrogen) atoms. The molecule has 1 aromatic rings. The van der Waals surface area contributed by atoms with Crippen molar-refractivity contribution in [1.29, 1.82) is 0 Å². The third-order valence-corrected chi connectivity index (χ3v) is 2.55. The fourth-order valence-electron chi connectivity index (χ4n) is 1.79. The fourth-order valence-corrected chi connectivity index (χ4v) is 1.79. The number of hydrogen-bond donors (Lipinski definition) is 2. The van der Waals surface area contributed by atoms with Gasteiger partial charge in [0.15, 0.2) is 0 Å². The maximum atomic E-state index is 13.3. The molecule has 1 atom stereocenters. The highest BCUT2D eigenvalue weighted by molar-refractivity contribution is 5.18. The topological polar surface area (TPSA) is 24.1 Å². The van der Waals surface area contributed by atoms with E-state index in [9.17, 15) is 4.39 Å². The van der Waals surface area contributed by atoms with Crippen LogP contribution in [-0.2, 0) is 6.42 Å². The fraction of sp³-hybridized carbons (Fsp3) is 0.455. The van der Waals surface area contributed by atoms with Crippen LogP contribution < -0.4 is 10.6 Å². The zero-order valence-electron chi connectivity index (χ0n) is 8.09. The lowest BCUT2D eigenvalue weighted by Crippen LogP contribution is -2.49. The van der Waals surface area contributed by atoms with Gasteiger partial charge in [0.05, 0.1) is 0 Å². The largest absolute Gasteiger partial charge is 0.314 e. The second kappa shape index (κ2) is 4.53. The summed E-state index contributed by atoms with van der Waals surface area (Å²) in [6, 6.07) is 7.35. The Morgan fingerprint density at radius 3 is 2.86 bits per heavy atom. The molecule has 2 N–H and O–H groups in total. The molecule has 1 saturated heterocycles. The highest BCUT2D eigenvalue weighted by atomic mass is 19.1. The van der Waals surface area contributed by atoms with Crippen LogP contribution in [0.1, 0.15) is 5.56 Å².